The fourth-order valence-corrected chi connectivity index (χ4v) is 2.82. The van der Waals surface area contributed by atoms with Crippen LogP contribution in [0.4, 0.5) is 0 Å². The van der Waals surface area contributed by atoms with E-state index in [1.807, 2.05) is 31.3 Å². The first kappa shape index (κ1) is 14.2. The number of ketones is 1. The summed E-state index contributed by atoms with van der Waals surface area (Å²) in [5.74, 6) is 0.259. The van der Waals surface area contributed by atoms with E-state index in [1.54, 1.807) is 0 Å². The first-order chi connectivity index (χ1) is 7.70. The quantitative estimate of drug-likeness (QED) is 0.880. The second kappa shape index (κ2) is 5.63. The molecular weight excluding hydrogens is 238 g/mol. The maximum atomic E-state index is 12.2. The molecule has 0 heterocycles. The van der Waals surface area contributed by atoms with Gasteiger partial charge in [-0.15, -0.1) is 0 Å². The number of likely N-dealkylation sites (N-methyl/N-ethyl adjacent to an activating group) is 1. The summed E-state index contributed by atoms with van der Waals surface area (Å²) in [6, 6.07) is 7.62. The highest BCUT2D eigenvalue weighted by molar-refractivity contribution is 6.31. The van der Waals surface area contributed by atoms with Crippen molar-refractivity contribution in [3.8, 4) is 0 Å². The lowest BCUT2D eigenvalue weighted by molar-refractivity contribution is -0.127. The molecule has 0 aliphatic heterocycles. The van der Waals surface area contributed by atoms with E-state index in [-0.39, 0.29) is 11.3 Å². The Bertz CT molecular complexity index is 408. The maximum Gasteiger partial charge on any atom is 0.157 e. The van der Waals surface area contributed by atoms with Gasteiger partial charge in [-0.05, 0) is 31.5 Å². The normalized spacial score (nSPS) is 24.2. The first-order valence-corrected chi connectivity index (χ1v) is 6.06. The second-order valence-electron chi connectivity index (χ2n) is 4.27. The number of rotatable bonds is 2. The summed E-state index contributed by atoms with van der Waals surface area (Å²) >= 11 is 6.20. The zero-order valence-corrected chi connectivity index (χ0v) is 10.7. The molecule has 1 saturated carbocycles. The Morgan fingerprint density at radius 2 is 2.00 bits per heavy atom. The molecule has 0 amide bonds. The van der Waals surface area contributed by atoms with E-state index in [1.165, 1.54) is 0 Å². The Morgan fingerprint density at radius 1 is 1.29 bits per heavy atom. The number of hydrogen-bond acceptors (Lipinski definition) is 2. The van der Waals surface area contributed by atoms with E-state index in [4.69, 9.17) is 11.6 Å². The van der Waals surface area contributed by atoms with E-state index < -0.39 is 5.54 Å². The summed E-state index contributed by atoms with van der Waals surface area (Å²) in [6.07, 6.45) is 3.54. The SMILES string of the molecule is CNC1(c2ccccc2Cl)CCCCC1=O.O. The van der Waals surface area contributed by atoms with Crippen LogP contribution in [0.3, 0.4) is 0 Å². The van der Waals surface area contributed by atoms with Gasteiger partial charge in [-0.3, -0.25) is 4.79 Å². The molecule has 3 N–H and O–H groups in total. The highest BCUT2D eigenvalue weighted by atomic mass is 35.5. The lowest BCUT2D eigenvalue weighted by Crippen LogP contribution is -2.49. The zero-order valence-electron chi connectivity index (χ0n) is 9.92. The smallest absolute Gasteiger partial charge is 0.157 e. The largest absolute Gasteiger partial charge is 0.412 e. The third kappa shape index (κ3) is 2.37. The molecule has 0 spiro atoms. The van der Waals surface area contributed by atoms with Crippen molar-refractivity contribution in [3.05, 3.63) is 34.9 Å². The van der Waals surface area contributed by atoms with Gasteiger partial charge in [-0.2, -0.15) is 0 Å². The van der Waals surface area contributed by atoms with Crippen LogP contribution in [0.25, 0.3) is 0 Å². The van der Waals surface area contributed by atoms with Crippen LogP contribution in [0, 0.1) is 0 Å². The predicted molar refractivity (Wildman–Crippen MR) is 69.3 cm³/mol. The van der Waals surface area contributed by atoms with Crippen LogP contribution in [-0.4, -0.2) is 18.3 Å². The van der Waals surface area contributed by atoms with Crippen molar-refractivity contribution in [2.45, 2.75) is 31.2 Å². The van der Waals surface area contributed by atoms with Crippen LogP contribution >= 0.6 is 11.6 Å². The van der Waals surface area contributed by atoms with Crippen molar-refractivity contribution in [3.63, 3.8) is 0 Å². The zero-order chi connectivity index (χ0) is 11.6. The fourth-order valence-electron chi connectivity index (χ4n) is 2.52. The van der Waals surface area contributed by atoms with Crippen molar-refractivity contribution >= 4 is 17.4 Å². The molecule has 0 bridgehead atoms. The number of benzene rings is 1. The molecule has 1 atom stereocenters. The molecule has 1 unspecified atom stereocenters. The maximum absolute atomic E-state index is 12.2. The Kier molecular flexibility index (Phi) is 4.69. The summed E-state index contributed by atoms with van der Waals surface area (Å²) in [5.41, 5.74) is 0.361. The molecule has 1 aliphatic rings. The minimum Gasteiger partial charge on any atom is -0.412 e. The van der Waals surface area contributed by atoms with Gasteiger partial charge in [0.2, 0.25) is 0 Å². The van der Waals surface area contributed by atoms with Crippen LogP contribution in [0.5, 0.6) is 0 Å². The molecule has 94 valence electrons. The minimum atomic E-state index is -0.559. The Labute approximate surface area is 106 Å². The molecule has 0 saturated heterocycles. The van der Waals surface area contributed by atoms with E-state index in [9.17, 15) is 4.79 Å². The molecule has 4 heteroatoms. The van der Waals surface area contributed by atoms with Gasteiger partial charge in [0.1, 0.15) is 5.54 Å². The van der Waals surface area contributed by atoms with Gasteiger partial charge >= 0.3 is 0 Å². The van der Waals surface area contributed by atoms with Gasteiger partial charge < -0.3 is 10.8 Å². The number of nitrogens with one attached hydrogen (secondary N) is 1. The molecule has 0 radical (unpaired) electrons. The molecule has 1 aromatic carbocycles. The molecule has 2 rings (SSSR count). The van der Waals surface area contributed by atoms with E-state index in [0.717, 1.165) is 24.8 Å². The van der Waals surface area contributed by atoms with E-state index in [2.05, 4.69) is 5.32 Å². The van der Waals surface area contributed by atoms with Gasteiger partial charge in [0, 0.05) is 11.4 Å². The summed E-state index contributed by atoms with van der Waals surface area (Å²) in [6.45, 7) is 0. The number of halogens is 1. The van der Waals surface area contributed by atoms with Gasteiger partial charge in [0.05, 0.1) is 0 Å². The molecule has 1 aliphatic carbocycles. The van der Waals surface area contributed by atoms with Crippen LogP contribution in [0.15, 0.2) is 24.3 Å². The molecule has 0 aromatic heterocycles. The minimum absolute atomic E-state index is 0. The number of Topliss-reactive ketones (excluding diaryl/α,β-unsaturated/α-hetero) is 1. The van der Waals surface area contributed by atoms with Crippen molar-refractivity contribution in [2.75, 3.05) is 7.05 Å². The van der Waals surface area contributed by atoms with Gasteiger partial charge in [-0.25, -0.2) is 0 Å². The van der Waals surface area contributed by atoms with Gasteiger partial charge in [0.15, 0.2) is 5.78 Å². The number of carbonyl (C=O) groups is 1. The molecule has 1 aromatic rings. The highest BCUT2D eigenvalue weighted by Gasteiger charge is 2.40. The van der Waals surface area contributed by atoms with Crippen LogP contribution in [-0.2, 0) is 10.3 Å². The lowest BCUT2D eigenvalue weighted by Gasteiger charge is -2.36. The second-order valence-corrected chi connectivity index (χ2v) is 4.67. The Hall–Kier alpha value is -0.900. The van der Waals surface area contributed by atoms with Crippen LogP contribution in [0.1, 0.15) is 31.2 Å². The van der Waals surface area contributed by atoms with Crippen molar-refractivity contribution in [1.82, 2.24) is 5.32 Å². The van der Waals surface area contributed by atoms with Crippen LogP contribution < -0.4 is 5.32 Å². The van der Waals surface area contributed by atoms with Crippen LogP contribution in [0.2, 0.25) is 5.02 Å². The predicted octanol–water partition coefficient (Wildman–Crippen LogP) is 2.07. The summed E-state index contributed by atoms with van der Waals surface area (Å²) in [7, 11) is 1.84. The standard InChI is InChI=1S/C13H16ClNO.H2O/c1-15-13(9-5-4-8-12(13)16)10-6-2-3-7-11(10)14;/h2-3,6-7,15H,4-5,8-9H2,1H3;1H2. The number of hydrogen-bond donors (Lipinski definition) is 1. The van der Waals surface area contributed by atoms with Crippen molar-refractivity contribution in [2.24, 2.45) is 0 Å². The third-order valence-electron chi connectivity index (χ3n) is 3.44. The number of carbonyl (C=O) groups excluding carboxylic acids is 1. The molecule has 17 heavy (non-hydrogen) atoms. The van der Waals surface area contributed by atoms with Crippen molar-refractivity contribution in [1.29, 1.82) is 0 Å². The Balaban J connectivity index is 0.00000144. The fraction of sp³-hybridized carbons (Fsp3) is 0.462. The monoisotopic (exact) mass is 255 g/mol. The molecular formula is C13H18ClNO2. The van der Waals surface area contributed by atoms with Gasteiger partial charge in [-0.1, -0.05) is 36.2 Å². The Morgan fingerprint density at radius 3 is 2.59 bits per heavy atom. The third-order valence-corrected chi connectivity index (χ3v) is 3.77. The average Bonchev–Trinajstić information content (AvgIpc) is 2.31. The molecule has 3 nitrogen and oxygen atoms in total. The highest BCUT2D eigenvalue weighted by Crippen LogP contribution is 2.37. The first-order valence-electron chi connectivity index (χ1n) is 5.68. The summed E-state index contributed by atoms with van der Waals surface area (Å²) in [5, 5.41) is 3.86. The average molecular weight is 256 g/mol. The lowest BCUT2D eigenvalue weighted by atomic mass is 9.75. The van der Waals surface area contributed by atoms with E-state index >= 15 is 0 Å². The topological polar surface area (TPSA) is 60.6 Å². The van der Waals surface area contributed by atoms with E-state index in [0.29, 0.717) is 11.4 Å². The van der Waals surface area contributed by atoms with Crippen molar-refractivity contribution < 1.29 is 10.3 Å². The molecule has 1 fully saturated rings. The summed E-state index contributed by atoms with van der Waals surface area (Å²) in [4.78, 5) is 12.2. The van der Waals surface area contributed by atoms with Gasteiger partial charge in [0.25, 0.3) is 0 Å². The summed E-state index contributed by atoms with van der Waals surface area (Å²) < 4.78 is 0.